The molecule has 2 N–H and O–H groups in total. The van der Waals surface area contributed by atoms with Gasteiger partial charge in [-0.25, -0.2) is 4.79 Å². The van der Waals surface area contributed by atoms with E-state index in [1.807, 2.05) is 36.4 Å². The van der Waals surface area contributed by atoms with Gasteiger partial charge >= 0.3 is 12.1 Å². The standard InChI is InChI=1S/C26H24N2O6/c1-28(14-24(29)30)25(31)21-12-11-16(33-2)13-23(21)27-26(32)34-15-22-19-9-5-3-7-17(19)18-8-4-6-10-20(18)22/h3-13,22H,14-15H2,1-2H3,(H,27,32)(H,29,30). The minimum atomic E-state index is -1.14. The molecule has 0 aliphatic heterocycles. The lowest BCUT2D eigenvalue weighted by Crippen LogP contribution is -2.32. The third-order valence-electron chi connectivity index (χ3n) is 5.76. The SMILES string of the molecule is COc1ccc(C(=O)N(C)CC(=O)O)c(NC(=O)OCC2c3ccccc3-c3ccccc32)c1. The van der Waals surface area contributed by atoms with E-state index in [0.717, 1.165) is 27.2 Å². The smallest absolute Gasteiger partial charge is 0.411 e. The predicted octanol–water partition coefficient (Wildman–Crippen LogP) is 4.21. The van der Waals surface area contributed by atoms with Crippen molar-refractivity contribution in [3.05, 3.63) is 83.4 Å². The van der Waals surface area contributed by atoms with Gasteiger partial charge in [0, 0.05) is 19.0 Å². The second kappa shape index (κ2) is 9.66. The highest BCUT2D eigenvalue weighted by Gasteiger charge is 2.29. The van der Waals surface area contributed by atoms with Gasteiger partial charge in [0.1, 0.15) is 18.9 Å². The van der Waals surface area contributed by atoms with E-state index in [4.69, 9.17) is 14.6 Å². The predicted molar refractivity (Wildman–Crippen MR) is 126 cm³/mol. The molecule has 0 unspecified atom stereocenters. The van der Waals surface area contributed by atoms with E-state index in [-0.39, 0.29) is 23.8 Å². The van der Waals surface area contributed by atoms with E-state index < -0.39 is 24.5 Å². The molecule has 0 aromatic heterocycles. The number of nitrogens with one attached hydrogen (secondary N) is 1. The fourth-order valence-electron chi connectivity index (χ4n) is 4.17. The number of ether oxygens (including phenoxy) is 2. The second-order valence-corrected chi connectivity index (χ2v) is 7.92. The number of aliphatic carboxylic acids is 1. The summed E-state index contributed by atoms with van der Waals surface area (Å²) >= 11 is 0. The van der Waals surface area contributed by atoms with Gasteiger partial charge in [-0.3, -0.25) is 14.9 Å². The van der Waals surface area contributed by atoms with Crippen molar-refractivity contribution in [2.75, 3.05) is 32.6 Å². The Balaban J connectivity index is 1.51. The first-order chi connectivity index (χ1) is 16.4. The van der Waals surface area contributed by atoms with Crippen molar-refractivity contribution in [1.82, 2.24) is 4.90 Å². The van der Waals surface area contributed by atoms with E-state index in [2.05, 4.69) is 17.4 Å². The van der Waals surface area contributed by atoms with Gasteiger partial charge in [-0.1, -0.05) is 48.5 Å². The van der Waals surface area contributed by atoms with E-state index in [1.54, 1.807) is 6.07 Å². The van der Waals surface area contributed by atoms with Gasteiger partial charge in [0.2, 0.25) is 0 Å². The minimum absolute atomic E-state index is 0.105. The summed E-state index contributed by atoms with van der Waals surface area (Å²) in [5.74, 6) is -1.38. The summed E-state index contributed by atoms with van der Waals surface area (Å²) in [5, 5.41) is 11.6. The average Bonchev–Trinajstić information content (AvgIpc) is 3.15. The maximum atomic E-state index is 12.8. The van der Waals surface area contributed by atoms with Crippen LogP contribution in [-0.2, 0) is 9.53 Å². The molecule has 0 fully saturated rings. The van der Waals surface area contributed by atoms with Gasteiger partial charge in [-0.15, -0.1) is 0 Å². The van der Waals surface area contributed by atoms with Gasteiger partial charge in [-0.05, 0) is 34.4 Å². The summed E-state index contributed by atoms with van der Waals surface area (Å²) in [6.07, 6.45) is -0.731. The molecule has 0 saturated carbocycles. The number of hydrogen-bond donors (Lipinski definition) is 2. The molecule has 174 valence electrons. The van der Waals surface area contributed by atoms with Crippen LogP contribution in [0, 0.1) is 0 Å². The van der Waals surface area contributed by atoms with Crippen LogP contribution >= 0.6 is 0 Å². The molecule has 34 heavy (non-hydrogen) atoms. The van der Waals surface area contributed by atoms with Crippen molar-refractivity contribution in [2.45, 2.75) is 5.92 Å². The van der Waals surface area contributed by atoms with Crippen LogP contribution in [0.1, 0.15) is 27.4 Å². The summed E-state index contributed by atoms with van der Waals surface area (Å²) in [4.78, 5) is 37.5. The van der Waals surface area contributed by atoms with Crippen LogP contribution in [-0.4, -0.2) is 55.3 Å². The molecule has 1 aliphatic rings. The monoisotopic (exact) mass is 460 g/mol. The van der Waals surface area contributed by atoms with Gasteiger partial charge in [-0.2, -0.15) is 0 Å². The summed E-state index contributed by atoms with van der Waals surface area (Å²) in [6, 6.07) is 20.6. The van der Waals surface area contributed by atoms with E-state index in [9.17, 15) is 14.4 Å². The first-order valence-electron chi connectivity index (χ1n) is 10.7. The van der Waals surface area contributed by atoms with Gasteiger partial charge in [0.15, 0.2) is 0 Å². The Morgan fingerprint density at radius 2 is 1.59 bits per heavy atom. The summed E-state index contributed by atoms with van der Waals surface area (Å²) in [6.45, 7) is -0.360. The zero-order valence-corrected chi connectivity index (χ0v) is 18.8. The third-order valence-corrected chi connectivity index (χ3v) is 5.76. The molecule has 0 bridgehead atoms. The number of anilines is 1. The normalized spacial score (nSPS) is 11.8. The maximum absolute atomic E-state index is 12.8. The number of carboxylic acid groups (broad SMARTS) is 1. The zero-order chi connectivity index (χ0) is 24.2. The van der Waals surface area contributed by atoms with Crippen molar-refractivity contribution in [3.8, 4) is 16.9 Å². The number of likely N-dealkylation sites (N-methyl/N-ethyl adjacent to an activating group) is 1. The molecule has 2 amide bonds. The summed E-state index contributed by atoms with van der Waals surface area (Å²) in [5.41, 5.74) is 4.70. The molecular weight excluding hydrogens is 436 g/mol. The molecular formula is C26H24N2O6. The number of methoxy groups -OCH3 is 1. The van der Waals surface area contributed by atoms with Crippen molar-refractivity contribution in [3.63, 3.8) is 0 Å². The molecule has 8 heteroatoms. The Bertz CT molecular complexity index is 1210. The highest BCUT2D eigenvalue weighted by atomic mass is 16.5. The number of nitrogens with zero attached hydrogens (tertiary/aromatic N) is 1. The highest BCUT2D eigenvalue weighted by molar-refractivity contribution is 6.03. The molecule has 0 radical (unpaired) electrons. The fraction of sp³-hybridized carbons (Fsp3) is 0.192. The lowest BCUT2D eigenvalue weighted by atomic mass is 9.98. The van der Waals surface area contributed by atoms with Gasteiger partial charge < -0.3 is 19.5 Å². The van der Waals surface area contributed by atoms with Crippen LogP contribution in [0.5, 0.6) is 5.75 Å². The molecule has 0 heterocycles. The Kier molecular flexibility index (Phi) is 6.49. The summed E-state index contributed by atoms with van der Waals surface area (Å²) in [7, 11) is 2.84. The van der Waals surface area contributed by atoms with E-state index in [1.165, 1.54) is 26.3 Å². The highest BCUT2D eigenvalue weighted by Crippen LogP contribution is 2.44. The Morgan fingerprint density at radius 3 is 2.18 bits per heavy atom. The Labute approximate surface area is 196 Å². The lowest BCUT2D eigenvalue weighted by Gasteiger charge is -2.19. The molecule has 3 aromatic rings. The Morgan fingerprint density at radius 1 is 0.971 bits per heavy atom. The number of hydrogen-bond acceptors (Lipinski definition) is 5. The average molecular weight is 460 g/mol. The summed E-state index contributed by atoms with van der Waals surface area (Å²) < 4.78 is 10.8. The quantitative estimate of drug-likeness (QED) is 0.547. The first-order valence-corrected chi connectivity index (χ1v) is 10.7. The van der Waals surface area contributed by atoms with Crippen LogP contribution in [0.3, 0.4) is 0 Å². The minimum Gasteiger partial charge on any atom is -0.497 e. The van der Waals surface area contributed by atoms with Crippen molar-refractivity contribution in [2.24, 2.45) is 0 Å². The number of carbonyl (C=O) groups excluding carboxylic acids is 2. The largest absolute Gasteiger partial charge is 0.497 e. The van der Waals surface area contributed by atoms with Crippen molar-refractivity contribution < 1.29 is 29.0 Å². The molecule has 3 aromatic carbocycles. The van der Waals surface area contributed by atoms with Crippen LogP contribution in [0.4, 0.5) is 10.5 Å². The van der Waals surface area contributed by atoms with Crippen LogP contribution in [0.15, 0.2) is 66.7 Å². The van der Waals surface area contributed by atoms with Crippen LogP contribution < -0.4 is 10.1 Å². The molecule has 4 rings (SSSR count). The third kappa shape index (κ3) is 4.56. The first kappa shape index (κ1) is 22.8. The fourth-order valence-corrected chi connectivity index (χ4v) is 4.17. The van der Waals surface area contributed by atoms with Crippen molar-refractivity contribution in [1.29, 1.82) is 0 Å². The lowest BCUT2D eigenvalue weighted by molar-refractivity contribution is -0.137. The molecule has 0 spiro atoms. The van der Waals surface area contributed by atoms with E-state index >= 15 is 0 Å². The Hall–Kier alpha value is -4.33. The molecule has 0 saturated heterocycles. The number of carboxylic acids is 1. The van der Waals surface area contributed by atoms with Gasteiger partial charge in [0.25, 0.3) is 5.91 Å². The van der Waals surface area contributed by atoms with E-state index in [0.29, 0.717) is 5.75 Å². The number of amides is 2. The molecule has 0 atom stereocenters. The molecule has 8 nitrogen and oxygen atoms in total. The van der Waals surface area contributed by atoms with Crippen molar-refractivity contribution >= 4 is 23.7 Å². The number of rotatable bonds is 7. The zero-order valence-electron chi connectivity index (χ0n) is 18.8. The molecule has 1 aliphatic carbocycles. The number of benzene rings is 3. The van der Waals surface area contributed by atoms with Crippen LogP contribution in [0.2, 0.25) is 0 Å². The number of fused-ring (bicyclic) bond motifs is 3. The topological polar surface area (TPSA) is 105 Å². The van der Waals surface area contributed by atoms with Gasteiger partial charge in [0.05, 0.1) is 18.4 Å². The number of carbonyl (C=O) groups is 3. The van der Waals surface area contributed by atoms with Crippen LogP contribution in [0.25, 0.3) is 11.1 Å². The maximum Gasteiger partial charge on any atom is 0.411 e. The second-order valence-electron chi connectivity index (χ2n) is 7.92.